The van der Waals surface area contributed by atoms with Crippen molar-refractivity contribution in [1.82, 2.24) is 4.90 Å². The van der Waals surface area contributed by atoms with Crippen LogP contribution in [0, 0.1) is 0 Å². The molecule has 1 heterocycles. The van der Waals surface area contributed by atoms with E-state index in [-0.39, 0.29) is 5.60 Å². The number of nitrogens with one attached hydrogen (secondary N) is 1. The molecule has 1 rings (SSSR count). The highest BCUT2D eigenvalue weighted by Crippen LogP contribution is 2.06. The molecule has 0 aromatic rings. The van der Waals surface area contributed by atoms with E-state index in [1.165, 1.54) is 26.2 Å². The second-order valence-corrected chi connectivity index (χ2v) is 5.26. The molecule has 0 radical (unpaired) electrons. The molecule has 1 aliphatic heterocycles. The predicted octanol–water partition coefficient (Wildman–Crippen LogP) is -0.368. The van der Waals surface area contributed by atoms with Gasteiger partial charge in [0.15, 0.2) is 0 Å². The van der Waals surface area contributed by atoms with E-state index < -0.39 is 0 Å². The van der Waals surface area contributed by atoms with Gasteiger partial charge in [0.05, 0.1) is 32.3 Å². The molecule has 1 aliphatic rings. The minimum absolute atomic E-state index is 0.0117. The standard InChI is InChI=1S/C11H24N2O/c1-11(2,3)14-10-9-13-7-5-12(4)6-8-13/h5-10H2,1-4H3/p+1. The smallest absolute Gasteiger partial charge is 0.0898 e. The molecule has 14 heavy (non-hydrogen) atoms. The summed E-state index contributed by atoms with van der Waals surface area (Å²) in [5.74, 6) is 0. The Morgan fingerprint density at radius 3 is 2.29 bits per heavy atom. The lowest BCUT2D eigenvalue weighted by Gasteiger charge is -2.30. The van der Waals surface area contributed by atoms with Crippen molar-refractivity contribution in [2.24, 2.45) is 0 Å². The van der Waals surface area contributed by atoms with Crippen molar-refractivity contribution in [3.63, 3.8) is 0 Å². The van der Waals surface area contributed by atoms with Gasteiger partial charge in [-0.15, -0.1) is 0 Å². The number of piperazine rings is 1. The van der Waals surface area contributed by atoms with E-state index >= 15 is 0 Å². The van der Waals surface area contributed by atoms with Crippen molar-refractivity contribution in [3.8, 4) is 0 Å². The monoisotopic (exact) mass is 201 g/mol. The van der Waals surface area contributed by atoms with Gasteiger partial charge in [-0.3, -0.25) is 4.90 Å². The lowest BCUT2D eigenvalue weighted by molar-refractivity contribution is -0.884. The second-order valence-electron chi connectivity index (χ2n) is 5.26. The van der Waals surface area contributed by atoms with Gasteiger partial charge < -0.3 is 9.64 Å². The fraction of sp³-hybridized carbons (Fsp3) is 1.00. The first-order valence-electron chi connectivity index (χ1n) is 5.65. The Balaban J connectivity index is 2.08. The van der Waals surface area contributed by atoms with Crippen LogP contribution in [0.25, 0.3) is 0 Å². The van der Waals surface area contributed by atoms with Crippen molar-refractivity contribution in [2.45, 2.75) is 26.4 Å². The molecule has 0 atom stereocenters. The Kier molecular flexibility index (Phi) is 4.35. The molecular weight excluding hydrogens is 176 g/mol. The zero-order valence-electron chi connectivity index (χ0n) is 10.1. The third kappa shape index (κ3) is 4.94. The maximum Gasteiger partial charge on any atom is 0.0898 e. The van der Waals surface area contributed by atoms with Gasteiger partial charge >= 0.3 is 0 Å². The summed E-state index contributed by atoms with van der Waals surface area (Å²) in [7, 11) is 2.27. The van der Waals surface area contributed by atoms with E-state index in [0.717, 1.165) is 13.2 Å². The van der Waals surface area contributed by atoms with Crippen LogP contribution in [0.3, 0.4) is 0 Å². The number of quaternary nitrogens is 1. The van der Waals surface area contributed by atoms with Crippen LogP contribution < -0.4 is 4.90 Å². The van der Waals surface area contributed by atoms with E-state index in [1.54, 1.807) is 4.90 Å². The van der Waals surface area contributed by atoms with Gasteiger partial charge in [0, 0.05) is 19.6 Å². The summed E-state index contributed by atoms with van der Waals surface area (Å²) in [6, 6.07) is 0. The fourth-order valence-corrected chi connectivity index (χ4v) is 1.64. The molecule has 0 aromatic heterocycles. The summed E-state index contributed by atoms with van der Waals surface area (Å²) in [4.78, 5) is 4.15. The number of ether oxygens (including phenoxy) is 1. The van der Waals surface area contributed by atoms with Gasteiger partial charge in [-0.05, 0) is 20.8 Å². The molecule has 1 saturated heterocycles. The quantitative estimate of drug-likeness (QED) is 0.671. The number of likely N-dealkylation sites (N-methyl/N-ethyl adjacent to an activating group) is 1. The fourth-order valence-electron chi connectivity index (χ4n) is 1.64. The first-order chi connectivity index (χ1) is 6.47. The van der Waals surface area contributed by atoms with E-state index in [0.29, 0.717) is 0 Å². The maximum absolute atomic E-state index is 5.71. The van der Waals surface area contributed by atoms with Crippen molar-refractivity contribution >= 4 is 0 Å². The van der Waals surface area contributed by atoms with Crippen LogP contribution in [0.15, 0.2) is 0 Å². The third-order valence-electron chi connectivity index (χ3n) is 2.65. The average Bonchev–Trinajstić information content (AvgIpc) is 2.06. The lowest BCUT2D eigenvalue weighted by atomic mass is 10.2. The largest absolute Gasteiger partial charge is 0.375 e. The van der Waals surface area contributed by atoms with Gasteiger partial charge in [-0.2, -0.15) is 0 Å². The molecule has 0 bridgehead atoms. The lowest BCUT2D eigenvalue weighted by Crippen LogP contribution is -3.12. The highest BCUT2D eigenvalue weighted by molar-refractivity contribution is 4.63. The summed E-state index contributed by atoms with van der Waals surface area (Å²) < 4.78 is 5.71. The Morgan fingerprint density at radius 1 is 1.21 bits per heavy atom. The van der Waals surface area contributed by atoms with E-state index in [1.807, 2.05) is 0 Å². The minimum atomic E-state index is 0.0117. The Bertz CT molecular complexity index is 157. The minimum Gasteiger partial charge on any atom is -0.375 e. The molecule has 84 valence electrons. The SMILES string of the molecule is C[NH+]1CCN(CCOC(C)(C)C)CC1. The first kappa shape index (κ1) is 12.0. The number of hydrogen-bond acceptors (Lipinski definition) is 2. The summed E-state index contributed by atoms with van der Waals surface area (Å²) in [6.07, 6.45) is 0. The number of nitrogens with zero attached hydrogens (tertiary/aromatic N) is 1. The molecule has 0 aromatic carbocycles. The van der Waals surface area contributed by atoms with Crippen molar-refractivity contribution in [1.29, 1.82) is 0 Å². The zero-order valence-corrected chi connectivity index (χ0v) is 10.1. The Labute approximate surface area is 88.0 Å². The average molecular weight is 201 g/mol. The first-order valence-corrected chi connectivity index (χ1v) is 5.65. The van der Waals surface area contributed by atoms with Crippen LogP contribution in [0.4, 0.5) is 0 Å². The maximum atomic E-state index is 5.71. The third-order valence-corrected chi connectivity index (χ3v) is 2.65. The van der Waals surface area contributed by atoms with Gasteiger partial charge in [-0.1, -0.05) is 0 Å². The normalized spacial score (nSPS) is 21.4. The molecule has 0 spiro atoms. The molecule has 3 nitrogen and oxygen atoms in total. The topological polar surface area (TPSA) is 16.9 Å². The molecule has 1 N–H and O–H groups in total. The van der Waals surface area contributed by atoms with Crippen LogP contribution in [0.5, 0.6) is 0 Å². The van der Waals surface area contributed by atoms with E-state index in [9.17, 15) is 0 Å². The van der Waals surface area contributed by atoms with Crippen LogP contribution >= 0.6 is 0 Å². The van der Waals surface area contributed by atoms with Gasteiger partial charge in [-0.25, -0.2) is 0 Å². The van der Waals surface area contributed by atoms with Crippen molar-refractivity contribution in [2.75, 3.05) is 46.4 Å². The van der Waals surface area contributed by atoms with Crippen LogP contribution in [-0.4, -0.2) is 56.9 Å². The molecule has 0 aliphatic carbocycles. The summed E-state index contributed by atoms with van der Waals surface area (Å²) >= 11 is 0. The van der Waals surface area contributed by atoms with Crippen LogP contribution in [0.1, 0.15) is 20.8 Å². The Morgan fingerprint density at radius 2 is 1.79 bits per heavy atom. The summed E-state index contributed by atoms with van der Waals surface area (Å²) in [5, 5.41) is 0. The Hall–Kier alpha value is -0.120. The van der Waals surface area contributed by atoms with Crippen LogP contribution in [-0.2, 0) is 4.74 Å². The highest BCUT2D eigenvalue weighted by Gasteiger charge is 2.17. The zero-order chi connectivity index (χ0) is 10.6. The molecule has 3 heteroatoms. The molecule has 0 amide bonds. The van der Waals surface area contributed by atoms with Gasteiger partial charge in [0.25, 0.3) is 0 Å². The molecule has 0 unspecified atom stereocenters. The van der Waals surface area contributed by atoms with Gasteiger partial charge in [0.1, 0.15) is 0 Å². The van der Waals surface area contributed by atoms with E-state index in [4.69, 9.17) is 4.74 Å². The van der Waals surface area contributed by atoms with Gasteiger partial charge in [0.2, 0.25) is 0 Å². The molecule has 0 saturated carbocycles. The van der Waals surface area contributed by atoms with Crippen molar-refractivity contribution in [3.05, 3.63) is 0 Å². The van der Waals surface area contributed by atoms with Crippen LogP contribution in [0.2, 0.25) is 0 Å². The summed E-state index contributed by atoms with van der Waals surface area (Å²) in [5.41, 5.74) is 0.0117. The summed E-state index contributed by atoms with van der Waals surface area (Å²) in [6.45, 7) is 13.3. The number of hydrogen-bond donors (Lipinski definition) is 1. The molecular formula is C11H25N2O+. The van der Waals surface area contributed by atoms with Crippen molar-refractivity contribution < 1.29 is 9.64 Å². The predicted molar refractivity (Wildman–Crippen MR) is 58.8 cm³/mol. The molecule has 1 fully saturated rings. The van der Waals surface area contributed by atoms with E-state index in [2.05, 4.69) is 32.7 Å². The number of rotatable bonds is 3. The highest BCUT2D eigenvalue weighted by atomic mass is 16.5. The second kappa shape index (κ2) is 5.10.